The topological polar surface area (TPSA) is 26.8 Å². The van der Waals surface area contributed by atoms with Crippen LogP contribution in [-0.2, 0) is 5.41 Å². The summed E-state index contributed by atoms with van der Waals surface area (Å²) in [4.78, 5) is 17.9. The molecule has 3 rings (SSSR count). The number of nitrogens with zero attached hydrogens (tertiary/aromatic N) is 3. The Bertz CT molecular complexity index is 557. The lowest BCUT2D eigenvalue weighted by Crippen LogP contribution is -2.73. The average Bonchev–Trinajstić information content (AvgIpc) is 2.34. The molecular weight excluding hydrogens is 274 g/mol. The second kappa shape index (κ2) is 4.90. The normalized spacial score (nSPS) is 19.7. The number of likely N-dealkylation sites (tertiary alicyclic amines) is 1. The van der Waals surface area contributed by atoms with Gasteiger partial charge in [0, 0.05) is 51.4 Å². The van der Waals surface area contributed by atoms with Crippen LogP contribution in [0.25, 0.3) is 0 Å². The Morgan fingerprint density at radius 3 is 2.05 bits per heavy atom. The van der Waals surface area contributed by atoms with Crippen LogP contribution in [0.4, 0.5) is 10.5 Å². The van der Waals surface area contributed by atoms with E-state index in [9.17, 15) is 4.79 Å². The van der Waals surface area contributed by atoms with E-state index in [0.29, 0.717) is 5.41 Å². The summed E-state index contributed by atoms with van der Waals surface area (Å²) in [5.74, 6) is 0. The molecule has 2 aliphatic rings. The third-order valence-corrected chi connectivity index (χ3v) is 4.86. The largest absolute Gasteiger partial charge is 0.370 e. The van der Waals surface area contributed by atoms with E-state index in [0.717, 1.165) is 26.2 Å². The van der Waals surface area contributed by atoms with Gasteiger partial charge in [0.05, 0.1) is 0 Å². The summed E-state index contributed by atoms with van der Waals surface area (Å²) >= 11 is 0. The number of carbonyl (C=O) groups excluding carboxylic acids is 1. The predicted molar refractivity (Wildman–Crippen MR) is 90.4 cm³/mol. The van der Waals surface area contributed by atoms with Crippen LogP contribution in [0.15, 0.2) is 24.3 Å². The predicted octanol–water partition coefficient (Wildman–Crippen LogP) is 2.79. The smallest absolute Gasteiger partial charge is 0.319 e. The fourth-order valence-electron chi connectivity index (χ4n) is 3.50. The lowest BCUT2D eigenvalue weighted by Gasteiger charge is -2.61. The van der Waals surface area contributed by atoms with E-state index in [-0.39, 0.29) is 11.4 Å². The Kier molecular flexibility index (Phi) is 3.38. The Hall–Kier alpha value is -1.71. The molecule has 1 spiro atoms. The van der Waals surface area contributed by atoms with E-state index in [2.05, 4.69) is 49.9 Å². The molecule has 0 N–H and O–H groups in total. The Morgan fingerprint density at radius 2 is 1.59 bits per heavy atom. The van der Waals surface area contributed by atoms with Crippen LogP contribution in [0.1, 0.15) is 26.3 Å². The summed E-state index contributed by atoms with van der Waals surface area (Å²) < 4.78 is 0. The highest BCUT2D eigenvalue weighted by molar-refractivity contribution is 5.75. The molecule has 0 aliphatic carbocycles. The highest BCUT2D eigenvalue weighted by Gasteiger charge is 2.53. The number of benzene rings is 1. The first kappa shape index (κ1) is 15.2. The van der Waals surface area contributed by atoms with E-state index < -0.39 is 0 Å². The average molecular weight is 301 g/mol. The number of hydrogen-bond acceptors (Lipinski definition) is 2. The number of urea groups is 1. The molecule has 2 fully saturated rings. The Balaban J connectivity index is 1.55. The SMILES string of the molecule is CN(C)C(=O)N1CC2(C1)CN(c1ccc(C(C)(C)C)cc1)C2. The minimum atomic E-state index is 0.138. The molecule has 1 aromatic carbocycles. The first-order valence-corrected chi connectivity index (χ1v) is 8.02. The van der Waals surface area contributed by atoms with Crippen LogP contribution in [0.5, 0.6) is 0 Å². The maximum Gasteiger partial charge on any atom is 0.319 e. The van der Waals surface area contributed by atoms with Gasteiger partial charge in [-0.1, -0.05) is 32.9 Å². The fourth-order valence-corrected chi connectivity index (χ4v) is 3.50. The van der Waals surface area contributed by atoms with Gasteiger partial charge in [-0.05, 0) is 23.1 Å². The van der Waals surface area contributed by atoms with Crippen LogP contribution in [0, 0.1) is 5.41 Å². The Morgan fingerprint density at radius 1 is 1.05 bits per heavy atom. The molecule has 0 unspecified atom stereocenters. The van der Waals surface area contributed by atoms with Crippen molar-refractivity contribution in [3.8, 4) is 0 Å². The van der Waals surface area contributed by atoms with Crippen molar-refractivity contribution < 1.29 is 4.79 Å². The highest BCUT2D eigenvalue weighted by Crippen LogP contribution is 2.42. The lowest BCUT2D eigenvalue weighted by molar-refractivity contribution is -0.000144. The highest BCUT2D eigenvalue weighted by atomic mass is 16.2. The quantitative estimate of drug-likeness (QED) is 0.797. The van der Waals surface area contributed by atoms with Crippen LogP contribution in [0.3, 0.4) is 0 Å². The first-order chi connectivity index (χ1) is 10.2. The van der Waals surface area contributed by atoms with E-state index in [1.165, 1.54) is 11.3 Å². The van der Waals surface area contributed by atoms with Gasteiger partial charge in [-0.25, -0.2) is 4.79 Å². The van der Waals surface area contributed by atoms with Crippen LogP contribution in [-0.4, -0.2) is 56.1 Å². The number of carbonyl (C=O) groups is 1. The van der Waals surface area contributed by atoms with Gasteiger partial charge in [0.15, 0.2) is 0 Å². The maximum atomic E-state index is 11.9. The van der Waals surface area contributed by atoms with Crippen molar-refractivity contribution in [1.82, 2.24) is 9.80 Å². The fraction of sp³-hybridized carbons (Fsp3) is 0.611. The van der Waals surface area contributed by atoms with Crippen LogP contribution in [0.2, 0.25) is 0 Å². The lowest BCUT2D eigenvalue weighted by atomic mass is 9.72. The third kappa shape index (κ3) is 2.55. The third-order valence-electron chi connectivity index (χ3n) is 4.86. The van der Waals surface area contributed by atoms with Crippen molar-refractivity contribution in [3.05, 3.63) is 29.8 Å². The van der Waals surface area contributed by atoms with Crippen molar-refractivity contribution in [3.63, 3.8) is 0 Å². The van der Waals surface area contributed by atoms with E-state index in [1.54, 1.807) is 4.90 Å². The van der Waals surface area contributed by atoms with Gasteiger partial charge < -0.3 is 14.7 Å². The summed E-state index contributed by atoms with van der Waals surface area (Å²) in [5, 5.41) is 0. The van der Waals surface area contributed by atoms with Crippen molar-refractivity contribution in [2.24, 2.45) is 5.41 Å². The van der Waals surface area contributed by atoms with Gasteiger partial charge in [-0.2, -0.15) is 0 Å². The van der Waals surface area contributed by atoms with Crippen molar-refractivity contribution >= 4 is 11.7 Å². The van der Waals surface area contributed by atoms with Gasteiger partial charge in [-0.15, -0.1) is 0 Å². The van der Waals surface area contributed by atoms with Crippen molar-refractivity contribution in [1.29, 1.82) is 0 Å². The maximum absolute atomic E-state index is 11.9. The van der Waals surface area contributed by atoms with E-state index in [1.807, 2.05) is 19.0 Å². The van der Waals surface area contributed by atoms with E-state index >= 15 is 0 Å². The Labute approximate surface area is 133 Å². The molecule has 0 saturated carbocycles. The van der Waals surface area contributed by atoms with Gasteiger partial charge in [0.1, 0.15) is 0 Å². The molecule has 0 bridgehead atoms. The van der Waals surface area contributed by atoms with Crippen LogP contribution < -0.4 is 4.90 Å². The zero-order valence-electron chi connectivity index (χ0n) is 14.4. The zero-order chi connectivity index (χ0) is 16.1. The summed E-state index contributed by atoms with van der Waals surface area (Å²) in [7, 11) is 3.63. The molecule has 1 aromatic rings. The van der Waals surface area contributed by atoms with Gasteiger partial charge in [0.25, 0.3) is 0 Å². The number of hydrogen-bond donors (Lipinski definition) is 0. The molecule has 2 saturated heterocycles. The van der Waals surface area contributed by atoms with Crippen molar-refractivity contribution in [2.75, 3.05) is 45.2 Å². The molecule has 22 heavy (non-hydrogen) atoms. The summed E-state index contributed by atoms with van der Waals surface area (Å²) in [6.45, 7) is 10.7. The molecule has 0 atom stereocenters. The molecule has 4 nitrogen and oxygen atoms in total. The summed E-state index contributed by atoms with van der Waals surface area (Å²) in [5.41, 5.74) is 3.22. The van der Waals surface area contributed by atoms with Gasteiger partial charge >= 0.3 is 6.03 Å². The number of amides is 2. The zero-order valence-corrected chi connectivity index (χ0v) is 14.4. The van der Waals surface area contributed by atoms with Gasteiger partial charge in [0.2, 0.25) is 0 Å². The number of rotatable bonds is 1. The molecule has 4 heteroatoms. The standard InChI is InChI=1S/C18H27N3O/c1-17(2,3)14-6-8-15(9-7-14)20-10-18(11-20)12-21(13-18)16(22)19(4)5/h6-9H,10-13H2,1-5H3. The summed E-state index contributed by atoms with van der Waals surface area (Å²) in [6.07, 6.45) is 0. The van der Waals surface area contributed by atoms with E-state index in [4.69, 9.17) is 0 Å². The van der Waals surface area contributed by atoms with Crippen molar-refractivity contribution in [2.45, 2.75) is 26.2 Å². The monoisotopic (exact) mass is 301 g/mol. The molecule has 0 radical (unpaired) electrons. The molecule has 2 heterocycles. The van der Waals surface area contributed by atoms with Crippen LogP contribution >= 0.6 is 0 Å². The molecule has 2 aliphatic heterocycles. The molecule has 2 amide bonds. The summed E-state index contributed by atoms with van der Waals surface area (Å²) in [6, 6.07) is 9.08. The molecule has 120 valence electrons. The number of anilines is 1. The minimum absolute atomic E-state index is 0.138. The molecule has 0 aromatic heterocycles. The first-order valence-electron chi connectivity index (χ1n) is 8.02. The second-order valence-electron chi connectivity index (χ2n) is 8.19. The molecular formula is C18H27N3O. The van der Waals surface area contributed by atoms with Gasteiger partial charge in [-0.3, -0.25) is 0 Å². The minimum Gasteiger partial charge on any atom is -0.370 e. The second-order valence-corrected chi connectivity index (χ2v) is 8.19.